The largest absolute Gasteiger partial charge is 0.456 e. The molecule has 0 bridgehead atoms. The first-order chi connectivity index (χ1) is 9.69. The smallest absolute Gasteiger partial charge is 0.306 e. The summed E-state index contributed by atoms with van der Waals surface area (Å²) >= 11 is 1.26. The van der Waals surface area contributed by atoms with Gasteiger partial charge in [-0.2, -0.15) is 5.26 Å². The Hall–Kier alpha value is -2.13. The molecule has 1 amide bonds. The van der Waals surface area contributed by atoms with E-state index < -0.39 is 5.91 Å². The molecular weight excluding hydrogens is 276 g/mol. The number of nitrogens with zero attached hydrogens (tertiary/aromatic N) is 1. The number of carbonyl (C=O) groups excluding carboxylic acids is 2. The van der Waals surface area contributed by atoms with Crippen LogP contribution in [0.25, 0.3) is 0 Å². The van der Waals surface area contributed by atoms with Crippen molar-refractivity contribution in [3.8, 4) is 6.07 Å². The van der Waals surface area contributed by atoms with Crippen LogP contribution < -0.4 is 5.32 Å². The quantitative estimate of drug-likeness (QED) is 0.667. The van der Waals surface area contributed by atoms with E-state index in [9.17, 15) is 9.59 Å². The van der Waals surface area contributed by atoms with Gasteiger partial charge in [0.2, 0.25) is 0 Å². The Kier molecular flexibility index (Phi) is 4.91. The first-order valence-electron chi connectivity index (χ1n) is 6.29. The Labute approximate surface area is 120 Å². The highest BCUT2D eigenvalue weighted by molar-refractivity contribution is 7.14. The van der Waals surface area contributed by atoms with Crippen molar-refractivity contribution >= 4 is 28.2 Å². The molecule has 0 aliphatic heterocycles. The van der Waals surface area contributed by atoms with Crippen LogP contribution in [0.1, 0.15) is 24.8 Å². The van der Waals surface area contributed by atoms with Gasteiger partial charge in [-0.15, -0.1) is 11.3 Å². The standard InChI is InChI=1S/C14H14N2O3S/c15-8-11-5-6-20-14(11)16-12(17)9-19-13(18)7-10-3-1-2-4-10/h1,3,5-6,10H,2,4,7,9H2,(H,16,17)/t10-/m1/s1. The van der Waals surface area contributed by atoms with Crippen LogP contribution in [-0.4, -0.2) is 18.5 Å². The first kappa shape index (κ1) is 14.3. The average molecular weight is 290 g/mol. The third kappa shape index (κ3) is 3.93. The number of ether oxygens (including phenoxy) is 1. The zero-order valence-electron chi connectivity index (χ0n) is 10.8. The molecule has 1 aliphatic carbocycles. The topological polar surface area (TPSA) is 79.2 Å². The third-order valence-corrected chi connectivity index (χ3v) is 3.77. The fourth-order valence-electron chi connectivity index (χ4n) is 1.94. The molecule has 20 heavy (non-hydrogen) atoms. The molecule has 1 N–H and O–H groups in total. The number of anilines is 1. The van der Waals surface area contributed by atoms with Crippen LogP contribution in [0.2, 0.25) is 0 Å². The van der Waals surface area contributed by atoms with Gasteiger partial charge in [0.15, 0.2) is 6.61 Å². The number of rotatable bonds is 5. The molecule has 1 aromatic rings. The van der Waals surface area contributed by atoms with Crippen molar-refractivity contribution in [1.82, 2.24) is 0 Å². The average Bonchev–Trinajstić information content (AvgIpc) is 3.07. The van der Waals surface area contributed by atoms with Crippen LogP contribution in [0.15, 0.2) is 23.6 Å². The van der Waals surface area contributed by atoms with Gasteiger partial charge >= 0.3 is 5.97 Å². The predicted octanol–water partition coefficient (Wildman–Crippen LogP) is 2.46. The fraction of sp³-hybridized carbons (Fsp3) is 0.357. The zero-order valence-corrected chi connectivity index (χ0v) is 11.6. The van der Waals surface area contributed by atoms with Gasteiger partial charge in [-0.3, -0.25) is 9.59 Å². The Balaban J connectivity index is 1.73. The van der Waals surface area contributed by atoms with Crippen LogP contribution in [-0.2, 0) is 14.3 Å². The van der Waals surface area contributed by atoms with E-state index >= 15 is 0 Å². The van der Waals surface area contributed by atoms with E-state index in [4.69, 9.17) is 10.00 Å². The minimum absolute atomic E-state index is 0.230. The summed E-state index contributed by atoms with van der Waals surface area (Å²) in [6.45, 7) is -0.321. The number of thiophene rings is 1. The minimum Gasteiger partial charge on any atom is -0.456 e. The van der Waals surface area contributed by atoms with Gasteiger partial charge in [-0.25, -0.2) is 0 Å². The van der Waals surface area contributed by atoms with Crippen molar-refractivity contribution in [1.29, 1.82) is 5.26 Å². The SMILES string of the molecule is N#Cc1ccsc1NC(=O)COC(=O)C[C@@H]1C=CCC1. The van der Waals surface area contributed by atoms with Crippen LogP contribution in [0, 0.1) is 17.2 Å². The van der Waals surface area contributed by atoms with E-state index in [1.54, 1.807) is 11.4 Å². The minimum atomic E-state index is -0.431. The van der Waals surface area contributed by atoms with Crippen molar-refractivity contribution in [3.63, 3.8) is 0 Å². The number of nitriles is 1. The Bertz CT molecular complexity index is 571. The first-order valence-corrected chi connectivity index (χ1v) is 7.16. The molecule has 0 radical (unpaired) electrons. The van der Waals surface area contributed by atoms with Gasteiger partial charge in [0.25, 0.3) is 5.91 Å². The molecule has 0 fully saturated rings. The number of hydrogen-bond acceptors (Lipinski definition) is 5. The summed E-state index contributed by atoms with van der Waals surface area (Å²) in [5.41, 5.74) is 0.408. The molecule has 1 atom stereocenters. The number of nitrogens with one attached hydrogen (secondary N) is 1. The molecule has 0 aromatic carbocycles. The van der Waals surface area contributed by atoms with E-state index in [-0.39, 0.29) is 18.5 Å². The highest BCUT2D eigenvalue weighted by atomic mass is 32.1. The molecule has 104 valence electrons. The number of esters is 1. The third-order valence-electron chi connectivity index (χ3n) is 2.94. The maximum Gasteiger partial charge on any atom is 0.306 e. The van der Waals surface area contributed by atoms with Crippen LogP contribution >= 0.6 is 11.3 Å². The van der Waals surface area contributed by atoms with Gasteiger partial charge in [0.1, 0.15) is 11.1 Å². The van der Waals surface area contributed by atoms with Crippen LogP contribution in [0.5, 0.6) is 0 Å². The highest BCUT2D eigenvalue weighted by Gasteiger charge is 2.16. The van der Waals surface area contributed by atoms with Gasteiger partial charge in [0, 0.05) is 0 Å². The summed E-state index contributed by atoms with van der Waals surface area (Å²) in [6.07, 6.45) is 6.32. The number of hydrogen-bond donors (Lipinski definition) is 1. The Morgan fingerprint density at radius 1 is 1.55 bits per heavy atom. The van der Waals surface area contributed by atoms with E-state index in [0.717, 1.165) is 12.8 Å². The van der Waals surface area contributed by atoms with Gasteiger partial charge in [0.05, 0.1) is 12.0 Å². The normalized spacial score (nSPS) is 16.6. The lowest BCUT2D eigenvalue weighted by molar-refractivity contribution is -0.147. The zero-order chi connectivity index (χ0) is 14.4. The Morgan fingerprint density at radius 2 is 2.40 bits per heavy atom. The molecular formula is C14H14N2O3S. The van der Waals surface area contributed by atoms with Gasteiger partial charge in [-0.05, 0) is 30.2 Å². The molecule has 0 unspecified atom stereocenters. The summed E-state index contributed by atoms with van der Waals surface area (Å²) in [7, 11) is 0. The van der Waals surface area contributed by atoms with Gasteiger partial charge < -0.3 is 10.1 Å². The molecule has 1 aromatic heterocycles. The second-order valence-electron chi connectivity index (χ2n) is 4.45. The summed E-state index contributed by atoms with van der Waals surface area (Å²) in [6, 6.07) is 3.60. The van der Waals surface area contributed by atoms with Crippen molar-refractivity contribution < 1.29 is 14.3 Å². The number of amides is 1. The Morgan fingerprint density at radius 3 is 3.10 bits per heavy atom. The summed E-state index contributed by atoms with van der Waals surface area (Å²) < 4.78 is 4.92. The van der Waals surface area contributed by atoms with E-state index in [0.29, 0.717) is 17.0 Å². The fourth-order valence-corrected chi connectivity index (χ4v) is 2.69. The van der Waals surface area contributed by atoms with E-state index in [1.165, 1.54) is 11.3 Å². The predicted molar refractivity (Wildman–Crippen MR) is 75.1 cm³/mol. The summed E-state index contributed by atoms with van der Waals surface area (Å²) in [4.78, 5) is 23.2. The van der Waals surface area contributed by atoms with Crippen LogP contribution in [0.3, 0.4) is 0 Å². The van der Waals surface area contributed by atoms with E-state index in [1.807, 2.05) is 18.2 Å². The monoisotopic (exact) mass is 290 g/mol. The van der Waals surface area contributed by atoms with Gasteiger partial charge in [-0.1, -0.05) is 12.2 Å². The maximum absolute atomic E-state index is 11.6. The molecule has 5 nitrogen and oxygen atoms in total. The lowest BCUT2D eigenvalue weighted by atomic mass is 10.1. The molecule has 1 aliphatic rings. The molecule has 1 heterocycles. The molecule has 6 heteroatoms. The van der Waals surface area contributed by atoms with Crippen molar-refractivity contribution in [2.45, 2.75) is 19.3 Å². The molecule has 0 saturated heterocycles. The molecule has 0 spiro atoms. The molecule has 2 rings (SSSR count). The lowest BCUT2D eigenvalue weighted by Crippen LogP contribution is -2.21. The summed E-state index contributed by atoms with van der Waals surface area (Å²) in [5, 5.41) is 13.6. The maximum atomic E-state index is 11.6. The highest BCUT2D eigenvalue weighted by Crippen LogP contribution is 2.22. The molecule has 0 saturated carbocycles. The second-order valence-corrected chi connectivity index (χ2v) is 5.37. The van der Waals surface area contributed by atoms with Crippen LogP contribution in [0.4, 0.5) is 5.00 Å². The number of allylic oxidation sites excluding steroid dienone is 2. The lowest BCUT2D eigenvalue weighted by Gasteiger charge is -2.08. The summed E-state index contributed by atoms with van der Waals surface area (Å²) in [5.74, 6) is -0.573. The van der Waals surface area contributed by atoms with Crippen molar-refractivity contribution in [3.05, 3.63) is 29.2 Å². The van der Waals surface area contributed by atoms with Crippen molar-refractivity contribution in [2.75, 3.05) is 11.9 Å². The second kappa shape index (κ2) is 6.87. The van der Waals surface area contributed by atoms with Crippen molar-refractivity contribution in [2.24, 2.45) is 5.92 Å². The number of carbonyl (C=O) groups is 2. The van der Waals surface area contributed by atoms with E-state index in [2.05, 4.69) is 5.32 Å².